The Balaban J connectivity index is 1.63. The number of nitrogens with zero attached hydrogens (tertiary/aromatic N) is 2. The smallest absolute Gasteiger partial charge is 0.229 e. The van der Waals surface area contributed by atoms with Crippen LogP contribution in [0.3, 0.4) is 0 Å². The maximum atomic E-state index is 14.9. The zero-order valence-electron chi connectivity index (χ0n) is 21.6. The lowest BCUT2D eigenvalue weighted by Crippen LogP contribution is -2.65. The van der Waals surface area contributed by atoms with E-state index in [2.05, 4.69) is 5.32 Å². The molecule has 0 spiro atoms. The Labute approximate surface area is 219 Å². The molecule has 38 heavy (non-hydrogen) atoms. The van der Waals surface area contributed by atoms with E-state index in [-0.39, 0.29) is 31.1 Å². The predicted octanol–water partition coefficient (Wildman–Crippen LogP) is 4.47. The van der Waals surface area contributed by atoms with Gasteiger partial charge in [0.25, 0.3) is 0 Å². The van der Waals surface area contributed by atoms with Crippen molar-refractivity contribution in [2.45, 2.75) is 51.0 Å². The van der Waals surface area contributed by atoms with Crippen LogP contribution in [0, 0.1) is 23.0 Å². The third-order valence-electron chi connectivity index (χ3n) is 7.61. The predicted molar refractivity (Wildman–Crippen MR) is 136 cm³/mol. The van der Waals surface area contributed by atoms with Gasteiger partial charge in [-0.05, 0) is 29.2 Å². The summed E-state index contributed by atoms with van der Waals surface area (Å²) in [7, 11) is 0. The number of fused-ring (bicyclic) bond motifs is 1. The van der Waals surface area contributed by atoms with Crippen LogP contribution in [0.15, 0.2) is 52.9 Å². The second-order valence-electron chi connectivity index (χ2n) is 11.5. The number of alkyl halides is 1. The van der Waals surface area contributed by atoms with Crippen LogP contribution in [0.5, 0.6) is 0 Å². The standard InChI is InChI=1S/C29H32F3N3O3/c1-28(2,3)26(35-14-20-22(32)13-33-25(20)29(37,15-35)16-36)24-23(11-17-7-5-4-6-8-17)38-27(34-24)19-12-18(30)9-10-21(19)31/h4-10,12,16,20,22,25-26,33,37H,11,13-15H2,1-3H3. The molecule has 9 heteroatoms. The molecule has 0 bridgehead atoms. The molecule has 2 aliphatic heterocycles. The Kier molecular flexibility index (Phi) is 6.96. The number of benzene rings is 2. The Morgan fingerprint density at radius 3 is 2.66 bits per heavy atom. The van der Waals surface area contributed by atoms with Crippen LogP contribution < -0.4 is 5.32 Å². The second-order valence-corrected chi connectivity index (χ2v) is 11.5. The zero-order valence-corrected chi connectivity index (χ0v) is 21.6. The first-order valence-corrected chi connectivity index (χ1v) is 12.8. The Morgan fingerprint density at radius 1 is 1.24 bits per heavy atom. The van der Waals surface area contributed by atoms with E-state index < -0.39 is 46.8 Å². The minimum atomic E-state index is -1.80. The first-order chi connectivity index (χ1) is 18.0. The van der Waals surface area contributed by atoms with E-state index in [0.29, 0.717) is 24.2 Å². The summed E-state index contributed by atoms with van der Waals surface area (Å²) >= 11 is 0. The van der Waals surface area contributed by atoms with E-state index in [1.807, 2.05) is 56.0 Å². The van der Waals surface area contributed by atoms with Crippen LogP contribution in [0.1, 0.15) is 43.8 Å². The molecule has 0 amide bonds. The fraction of sp³-hybridized carbons (Fsp3) is 0.448. The molecule has 3 heterocycles. The number of nitrogens with one attached hydrogen (secondary N) is 1. The number of aromatic nitrogens is 1. The number of likely N-dealkylation sites (tertiary alicyclic amines) is 1. The van der Waals surface area contributed by atoms with Crippen molar-refractivity contribution in [3.63, 3.8) is 0 Å². The van der Waals surface area contributed by atoms with E-state index in [1.54, 1.807) is 0 Å². The van der Waals surface area contributed by atoms with Gasteiger partial charge in [0, 0.05) is 32.0 Å². The van der Waals surface area contributed by atoms with Gasteiger partial charge in [0.2, 0.25) is 5.89 Å². The molecule has 2 N–H and O–H groups in total. The number of aldehydes is 1. The summed E-state index contributed by atoms with van der Waals surface area (Å²) in [5.74, 6) is -1.52. The molecule has 2 saturated heterocycles. The number of oxazole rings is 1. The van der Waals surface area contributed by atoms with Gasteiger partial charge >= 0.3 is 0 Å². The molecule has 0 saturated carbocycles. The fourth-order valence-corrected chi connectivity index (χ4v) is 5.98. The van der Waals surface area contributed by atoms with Crippen molar-refractivity contribution in [2.75, 3.05) is 19.6 Å². The molecule has 5 rings (SSSR count). The van der Waals surface area contributed by atoms with Crippen molar-refractivity contribution in [2.24, 2.45) is 11.3 Å². The molecular weight excluding hydrogens is 495 g/mol. The van der Waals surface area contributed by atoms with E-state index >= 15 is 0 Å². The number of β-amino-alcohol motifs (C(OH)–C–C–N with tert-alkyl or cyclic N) is 1. The SMILES string of the molecule is CC(C)(C)C(c1nc(-c2cc(F)ccc2F)oc1Cc1ccccc1)N1CC2C(F)CNC2C(O)(C=O)C1. The van der Waals surface area contributed by atoms with Gasteiger partial charge in [-0.1, -0.05) is 51.1 Å². The summed E-state index contributed by atoms with van der Waals surface area (Å²) in [5, 5.41) is 14.3. The maximum absolute atomic E-state index is 14.9. The molecule has 0 aliphatic carbocycles. The number of carbonyl (C=O) groups is 1. The quantitative estimate of drug-likeness (QED) is 0.461. The number of carbonyl (C=O) groups excluding carboxylic acids is 1. The molecule has 2 fully saturated rings. The second kappa shape index (κ2) is 9.94. The van der Waals surface area contributed by atoms with Gasteiger partial charge in [-0.15, -0.1) is 0 Å². The molecule has 6 nitrogen and oxygen atoms in total. The molecule has 2 aliphatic rings. The van der Waals surface area contributed by atoms with Crippen molar-refractivity contribution in [3.05, 3.63) is 77.2 Å². The van der Waals surface area contributed by atoms with E-state index in [0.717, 1.165) is 23.8 Å². The lowest BCUT2D eigenvalue weighted by atomic mass is 9.76. The third-order valence-corrected chi connectivity index (χ3v) is 7.61. The molecule has 0 radical (unpaired) electrons. The summed E-state index contributed by atoms with van der Waals surface area (Å²) in [6.07, 6.45) is -0.409. The number of hydrogen-bond acceptors (Lipinski definition) is 6. The topological polar surface area (TPSA) is 78.6 Å². The molecule has 5 unspecified atom stereocenters. The van der Waals surface area contributed by atoms with Gasteiger partial charge < -0.3 is 19.6 Å². The maximum Gasteiger partial charge on any atom is 0.229 e. The highest BCUT2D eigenvalue weighted by atomic mass is 19.1. The summed E-state index contributed by atoms with van der Waals surface area (Å²) in [4.78, 5) is 18.7. The molecular formula is C29H32F3N3O3. The lowest BCUT2D eigenvalue weighted by Gasteiger charge is -2.49. The monoisotopic (exact) mass is 527 g/mol. The zero-order chi connectivity index (χ0) is 27.2. The van der Waals surface area contributed by atoms with Gasteiger partial charge in [0.15, 0.2) is 6.29 Å². The summed E-state index contributed by atoms with van der Waals surface area (Å²) < 4.78 is 49.9. The van der Waals surface area contributed by atoms with Crippen LogP contribution in [0.4, 0.5) is 13.2 Å². The number of halogens is 3. The van der Waals surface area contributed by atoms with Crippen LogP contribution in [0.2, 0.25) is 0 Å². The highest BCUT2D eigenvalue weighted by Crippen LogP contribution is 2.45. The van der Waals surface area contributed by atoms with E-state index in [1.165, 1.54) is 0 Å². The number of aliphatic hydroxyl groups is 1. The Morgan fingerprint density at radius 2 is 1.97 bits per heavy atom. The lowest BCUT2D eigenvalue weighted by molar-refractivity contribution is -0.141. The van der Waals surface area contributed by atoms with Crippen molar-refractivity contribution in [1.82, 2.24) is 15.2 Å². The highest BCUT2D eigenvalue weighted by molar-refractivity contribution is 5.65. The van der Waals surface area contributed by atoms with Gasteiger partial charge in [-0.25, -0.2) is 18.2 Å². The number of rotatable bonds is 6. The van der Waals surface area contributed by atoms with Crippen molar-refractivity contribution in [1.29, 1.82) is 0 Å². The van der Waals surface area contributed by atoms with Gasteiger partial charge in [0.1, 0.15) is 34.9 Å². The third kappa shape index (κ3) is 4.90. The van der Waals surface area contributed by atoms with Crippen LogP contribution in [0.25, 0.3) is 11.5 Å². The van der Waals surface area contributed by atoms with E-state index in [9.17, 15) is 23.1 Å². The normalized spacial score (nSPS) is 26.8. The minimum Gasteiger partial charge on any atom is -0.440 e. The minimum absolute atomic E-state index is 0.0411. The first-order valence-electron chi connectivity index (χ1n) is 12.8. The van der Waals surface area contributed by atoms with Gasteiger partial charge in [-0.3, -0.25) is 4.90 Å². The summed E-state index contributed by atoms with van der Waals surface area (Å²) in [5.41, 5.74) is -1.02. The highest BCUT2D eigenvalue weighted by Gasteiger charge is 2.55. The first kappa shape index (κ1) is 26.6. The summed E-state index contributed by atoms with van der Waals surface area (Å²) in [6, 6.07) is 11.4. The average Bonchev–Trinajstić information content (AvgIpc) is 3.44. The van der Waals surface area contributed by atoms with Crippen molar-refractivity contribution < 1.29 is 27.5 Å². The molecule has 5 atom stereocenters. The van der Waals surface area contributed by atoms with Crippen LogP contribution in [-0.4, -0.2) is 58.7 Å². The number of hydrogen-bond donors (Lipinski definition) is 2. The van der Waals surface area contributed by atoms with Gasteiger partial charge in [-0.2, -0.15) is 0 Å². The molecule has 3 aromatic rings. The number of piperidine rings is 1. The Bertz CT molecular complexity index is 1310. The van der Waals surface area contributed by atoms with E-state index in [4.69, 9.17) is 9.40 Å². The summed E-state index contributed by atoms with van der Waals surface area (Å²) in [6.45, 7) is 6.23. The largest absolute Gasteiger partial charge is 0.440 e. The fourth-order valence-electron chi connectivity index (χ4n) is 5.98. The average molecular weight is 528 g/mol. The van der Waals surface area contributed by atoms with Crippen LogP contribution >= 0.6 is 0 Å². The van der Waals surface area contributed by atoms with Crippen molar-refractivity contribution in [3.8, 4) is 11.5 Å². The Hall–Kier alpha value is -3.01. The molecule has 202 valence electrons. The van der Waals surface area contributed by atoms with Crippen LogP contribution in [-0.2, 0) is 11.2 Å². The van der Waals surface area contributed by atoms with Gasteiger partial charge in [0.05, 0.1) is 17.6 Å². The molecule has 1 aromatic heterocycles. The van der Waals surface area contributed by atoms with Crippen molar-refractivity contribution >= 4 is 6.29 Å². The molecule has 2 aromatic carbocycles.